The van der Waals surface area contributed by atoms with Crippen LogP contribution in [0.1, 0.15) is 43.4 Å². The first kappa shape index (κ1) is 25.0. The molecule has 1 fully saturated rings. The lowest BCUT2D eigenvalue weighted by molar-refractivity contribution is 0.0275. The van der Waals surface area contributed by atoms with Gasteiger partial charge >= 0.3 is 0 Å². The van der Waals surface area contributed by atoms with E-state index in [4.69, 9.17) is 9.47 Å². The Kier molecular flexibility index (Phi) is 9.98. The van der Waals surface area contributed by atoms with E-state index in [1.807, 2.05) is 25.3 Å². The minimum absolute atomic E-state index is 0.252. The van der Waals surface area contributed by atoms with Crippen LogP contribution in [0.3, 0.4) is 0 Å². The van der Waals surface area contributed by atoms with Crippen LogP contribution < -0.4 is 9.64 Å². The number of anilines is 1. The normalized spacial score (nSPS) is 18.4. The summed E-state index contributed by atoms with van der Waals surface area (Å²) < 4.78 is 11.9. The van der Waals surface area contributed by atoms with Gasteiger partial charge in [-0.15, -0.1) is 0 Å². The van der Waals surface area contributed by atoms with Gasteiger partial charge < -0.3 is 19.3 Å². The summed E-state index contributed by atoms with van der Waals surface area (Å²) in [4.78, 5) is 9.48. The summed E-state index contributed by atoms with van der Waals surface area (Å²) in [6.07, 6.45) is 9.81. The number of hydrogen-bond acceptors (Lipinski definition) is 5. The number of benzene rings is 1. The number of ether oxygens (including phenoxy) is 2. The van der Waals surface area contributed by atoms with Gasteiger partial charge in [0, 0.05) is 38.9 Å². The quantitative estimate of drug-likeness (QED) is 0.502. The highest BCUT2D eigenvalue weighted by Crippen LogP contribution is 2.31. The van der Waals surface area contributed by atoms with E-state index in [0.29, 0.717) is 12.6 Å². The first-order valence-electron chi connectivity index (χ1n) is 12.1. The van der Waals surface area contributed by atoms with Gasteiger partial charge in [0.25, 0.3) is 0 Å². The molecule has 0 bridgehead atoms. The van der Waals surface area contributed by atoms with Gasteiger partial charge in [0.2, 0.25) is 0 Å². The lowest BCUT2D eigenvalue weighted by Gasteiger charge is -2.38. The molecule has 1 aromatic heterocycles. The molecule has 2 aliphatic rings. The smallest absolute Gasteiger partial charge is 0.171 e. The van der Waals surface area contributed by atoms with Gasteiger partial charge in [0.15, 0.2) is 11.6 Å². The molecule has 0 amide bonds. The lowest BCUT2D eigenvalue weighted by Crippen LogP contribution is -2.44. The van der Waals surface area contributed by atoms with E-state index in [-0.39, 0.29) is 6.10 Å². The maximum absolute atomic E-state index is 6.09. The van der Waals surface area contributed by atoms with E-state index in [1.54, 1.807) is 12.2 Å². The molecule has 0 saturated carbocycles. The molecule has 0 N–H and O–H groups in total. The second kappa shape index (κ2) is 13.2. The van der Waals surface area contributed by atoms with Gasteiger partial charge in [0.05, 0.1) is 19.3 Å². The first-order valence-corrected chi connectivity index (χ1v) is 12.1. The van der Waals surface area contributed by atoms with Crippen molar-refractivity contribution in [3.8, 4) is 5.75 Å². The van der Waals surface area contributed by atoms with Crippen molar-refractivity contribution >= 4 is 5.82 Å². The summed E-state index contributed by atoms with van der Waals surface area (Å²) in [6, 6.07) is 13.2. The average Bonchev–Trinajstić information content (AvgIpc) is 2.88. The number of allylic oxidation sites excluding steroid dienone is 2. The second-order valence-electron chi connectivity index (χ2n) is 8.51. The molecule has 0 radical (unpaired) electrons. The molecule has 0 spiro atoms. The molecular formula is C28H39N3O2. The molecule has 1 atom stereocenters. The Bertz CT molecular complexity index is 871. The van der Waals surface area contributed by atoms with Crippen LogP contribution in [0.4, 0.5) is 5.82 Å². The molecule has 1 aromatic carbocycles. The van der Waals surface area contributed by atoms with Gasteiger partial charge in [-0.2, -0.15) is 0 Å². The predicted molar refractivity (Wildman–Crippen MR) is 137 cm³/mol. The SMILES string of the molecule is C=CC=C.CCOc1cccnc1N(C)C1CCN(CCC2OCCc3ccccc32)CC1. The van der Waals surface area contributed by atoms with Gasteiger partial charge in [-0.25, -0.2) is 4.98 Å². The van der Waals surface area contributed by atoms with Crippen molar-refractivity contribution in [3.05, 3.63) is 79.0 Å². The standard InChI is InChI=1S/C24H33N3O2.C4H6/c1-3-28-23-9-6-14-25-24(23)26(2)20-10-15-27(16-11-20)17-12-22-21-8-5-4-7-19(21)13-18-29-22;1-3-4-2/h4-9,14,20,22H,3,10-13,15-18H2,1-2H3;3-4H,1-2H2. The highest BCUT2D eigenvalue weighted by molar-refractivity contribution is 5.52. The van der Waals surface area contributed by atoms with E-state index in [9.17, 15) is 0 Å². The Hall–Kier alpha value is -2.63. The molecular weight excluding hydrogens is 410 g/mol. The van der Waals surface area contributed by atoms with Crippen molar-refractivity contribution in [2.75, 3.05) is 44.8 Å². The summed E-state index contributed by atoms with van der Waals surface area (Å²) in [7, 11) is 2.15. The molecule has 3 heterocycles. The molecule has 178 valence electrons. The van der Waals surface area contributed by atoms with Crippen LogP contribution in [0.25, 0.3) is 0 Å². The van der Waals surface area contributed by atoms with Crippen molar-refractivity contribution in [3.63, 3.8) is 0 Å². The predicted octanol–water partition coefficient (Wildman–Crippen LogP) is 5.44. The number of nitrogens with zero attached hydrogens (tertiary/aromatic N) is 3. The Labute approximate surface area is 199 Å². The highest BCUT2D eigenvalue weighted by Gasteiger charge is 2.26. The first-order chi connectivity index (χ1) is 16.2. The van der Waals surface area contributed by atoms with Gasteiger partial charge in [-0.1, -0.05) is 49.6 Å². The van der Waals surface area contributed by atoms with E-state index in [0.717, 1.165) is 63.5 Å². The van der Waals surface area contributed by atoms with Crippen LogP contribution in [-0.4, -0.2) is 55.8 Å². The summed E-state index contributed by atoms with van der Waals surface area (Å²) in [5, 5.41) is 0. The largest absolute Gasteiger partial charge is 0.490 e. The molecule has 5 nitrogen and oxygen atoms in total. The molecule has 1 unspecified atom stereocenters. The fourth-order valence-corrected chi connectivity index (χ4v) is 4.63. The lowest BCUT2D eigenvalue weighted by atomic mass is 9.95. The second-order valence-corrected chi connectivity index (χ2v) is 8.51. The number of likely N-dealkylation sites (tertiary alicyclic amines) is 1. The Morgan fingerprint density at radius 2 is 1.91 bits per heavy atom. The number of hydrogen-bond donors (Lipinski definition) is 0. The zero-order valence-electron chi connectivity index (χ0n) is 20.3. The molecule has 0 aliphatic carbocycles. The van der Waals surface area contributed by atoms with Gasteiger partial charge in [0.1, 0.15) is 0 Å². The van der Waals surface area contributed by atoms with E-state index >= 15 is 0 Å². The number of rotatable bonds is 8. The van der Waals surface area contributed by atoms with Gasteiger partial charge in [-0.3, -0.25) is 0 Å². The van der Waals surface area contributed by atoms with Gasteiger partial charge in [-0.05, 0) is 55.9 Å². The number of piperidine rings is 1. The van der Waals surface area contributed by atoms with Crippen LogP contribution in [0.15, 0.2) is 67.9 Å². The third kappa shape index (κ3) is 6.92. The van der Waals surface area contributed by atoms with Crippen LogP contribution in [0, 0.1) is 0 Å². The topological polar surface area (TPSA) is 37.8 Å². The molecule has 2 aromatic rings. The molecule has 4 rings (SSSR count). The molecule has 33 heavy (non-hydrogen) atoms. The molecule has 5 heteroatoms. The fourth-order valence-electron chi connectivity index (χ4n) is 4.63. The molecule has 1 saturated heterocycles. The highest BCUT2D eigenvalue weighted by atomic mass is 16.5. The fraction of sp³-hybridized carbons (Fsp3) is 0.464. The summed E-state index contributed by atoms with van der Waals surface area (Å²) in [5.41, 5.74) is 2.86. The van der Waals surface area contributed by atoms with Crippen LogP contribution in [-0.2, 0) is 11.2 Å². The molecule has 2 aliphatic heterocycles. The van der Waals surface area contributed by atoms with Crippen molar-refractivity contribution < 1.29 is 9.47 Å². The van der Waals surface area contributed by atoms with Crippen molar-refractivity contribution in [2.45, 2.75) is 44.8 Å². The third-order valence-corrected chi connectivity index (χ3v) is 6.46. The third-order valence-electron chi connectivity index (χ3n) is 6.46. The maximum atomic E-state index is 6.09. The summed E-state index contributed by atoms with van der Waals surface area (Å²) >= 11 is 0. The summed E-state index contributed by atoms with van der Waals surface area (Å²) in [6.45, 7) is 13.6. The summed E-state index contributed by atoms with van der Waals surface area (Å²) in [5.74, 6) is 1.84. The van der Waals surface area contributed by atoms with Crippen LogP contribution >= 0.6 is 0 Å². The van der Waals surface area contributed by atoms with E-state index in [1.165, 1.54) is 11.1 Å². The maximum Gasteiger partial charge on any atom is 0.171 e. The van der Waals surface area contributed by atoms with Crippen molar-refractivity contribution in [1.29, 1.82) is 0 Å². The Morgan fingerprint density at radius 1 is 1.15 bits per heavy atom. The monoisotopic (exact) mass is 449 g/mol. The minimum Gasteiger partial charge on any atom is -0.490 e. The van der Waals surface area contributed by atoms with E-state index < -0.39 is 0 Å². The number of aromatic nitrogens is 1. The Morgan fingerprint density at radius 3 is 2.64 bits per heavy atom. The zero-order valence-corrected chi connectivity index (χ0v) is 20.3. The minimum atomic E-state index is 0.252. The van der Waals surface area contributed by atoms with Crippen LogP contribution in [0.2, 0.25) is 0 Å². The van der Waals surface area contributed by atoms with Crippen molar-refractivity contribution in [1.82, 2.24) is 9.88 Å². The average molecular weight is 450 g/mol. The number of fused-ring (bicyclic) bond motifs is 1. The van der Waals surface area contributed by atoms with Crippen molar-refractivity contribution in [2.24, 2.45) is 0 Å². The zero-order chi connectivity index (χ0) is 23.5. The van der Waals surface area contributed by atoms with Crippen LogP contribution in [0.5, 0.6) is 5.75 Å². The Balaban J connectivity index is 0.000000709. The number of pyridine rings is 1. The van der Waals surface area contributed by atoms with E-state index in [2.05, 4.69) is 59.3 Å².